The normalized spacial score (nSPS) is 32.2. The molecule has 6 atom stereocenters. The van der Waals surface area contributed by atoms with Gasteiger partial charge in [-0.2, -0.15) is 0 Å². The zero-order valence-electron chi connectivity index (χ0n) is 21.7. The number of nitrogens with one attached hydrogen (secondary N) is 2. The Balaban J connectivity index is 1.46. The Morgan fingerprint density at radius 2 is 1.82 bits per heavy atom. The van der Waals surface area contributed by atoms with Crippen molar-refractivity contribution in [2.75, 3.05) is 26.0 Å². The molecule has 6 N–H and O–H groups in total. The van der Waals surface area contributed by atoms with Gasteiger partial charge in [-0.3, -0.25) is 33.7 Å². The van der Waals surface area contributed by atoms with Crippen molar-refractivity contribution in [1.82, 2.24) is 10.2 Å². The summed E-state index contributed by atoms with van der Waals surface area (Å²) in [6.07, 6.45) is 3.07. The average molecular weight is 541 g/mol. The first-order valence-corrected chi connectivity index (χ1v) is 13.1. The van der Waals surface area contributed by atoms with E-state index in [9.17, 15) is 39.0 Å². The molecule has 0 aliphatic heterocycles. The molecule has 1 aromatic rings. The van der Waals surface area contributed by atoms with Crippen LogP contribution in [0.4, 0.5) is 5.69 Å². The molecule has 12 heteroatoms. The van der Waals surface area contributed by atoms with Crippen LogP contribution in [0.5, 0.6) is 5.75 Å². The van der Waals surface area contributed by atoms with Crippen molar-refractivity contribution >= 4 is 40.6 Å². The predicted molar refractivity (Wildman–Crippen MR) is 136 cm³/mol. The molecule has 4 aliphatic carbocycles. The summed E-state index contributed by atoms with van der Waals surface area (Å²) >= 11 is 0. The highest BCUT2D eigenvalue weighted by Gasteiger charge is 2.69. The number of amides is 2. The lowest BCUT2D eigenvalue weighted by molar-refractivity contribution is -0.181. The molecular formula is C27H32N4O8. The number of anilines is 1. The number of fused-ring (bicyclic) bond motifs is 3. The second-order valence-electron chi connectivity index (χ2n) is 11.3. The van der Waals surface area contributed by atoms with Crippen molar-refractivity contribution < 1.29 is 39.0 Å². The summed E-state index contributed by atoms with van der Waals surface area (Å²) in [6, 6.07) is 2.18. The summed E-state index contributed by atoms with van der Waals surface area (Å²) in [4.78, 5) is 79.6. The summed E-state index contributed by atoms with van der Waals surface area (Å²) in [5, 5.41) is 28.3. The van der Waals surface area contributed by atoms with Crippen molar-refractivity contribution in [3.8, 4) is 5.75 Å². The number of nitrogens with two attached hydrogens (primary N) is 1. The van der Waals surface area contributed by atoms with Gasteiger partial charge in [-0.05, 0) is 63.7 Å². The summed E-state index contributed by atoms with van der Waals surface area (Å²) in [6.45, 7) is -0.133. The Morgan fingerprint density at radius 3 is 2.41 bits per heavy atom. The number of hydrogen-bond donors (Lipinski definition) is 5. The molecule has 4 aliphatic rings. The van der Waals surface area contributed by atoms with Crippen molar-refractivity contribution in [3.63, 3.8) is 0 Å². The highest BCUT2D eigenvalue weighted by atomic mass is 16.3. The number of aliphatic hydroxyl groups is 1. The van der Waals surface area contributed by atoms with Crippen molar-refractivity contribution in [2.45, 2.75) is 49.8 Å². The number of primary amides is 1. The Hall–Kier alpha value is -3.64. The number of aromatic hydroxyl groups is 1. The van der Waals surface area contributed by atoms with Gasteiger partial charge in [0, 0.05) is 12.0 Å². The van der Waals surface area contributed by atoms with Crippen molar-refractivity contribution in [3.05, 3.63) is 23.3 Å². The third kappa shape index (κ3) is 4.04. The minimum absolute atomic E-state index is 0.00794. The van der Waals surface area contributed by atoms with E-state index in [1.54, 1.807) is 12.1 Å². The number of hydrogen-bond acceptors (Lipinski definition) is 10. The van der Waals surface area contributed by atoms with E-state index >= 15 is 0 Å². The summed E-state index contributed by atoms with van der Waals surface area (Å²) in [5.74, 6) is -11.2. The summed E-state index contributed by atoms with van der Waals surface area (Å²) < 4.78 is 0. The maximum atomic E-state index is 13.8. The van der Waals surface area contributed by atoms with E-state index in [2.05, 4.69) is 10.6 Å². The first-order chi connectivity index (χ1) is 18.4. The molecule has 39 heavy (non-hydrogen) atoms. The van der Waals surface area contributed by atoms with E-state index < -0.39 is 70.1 Å². The topological polar surface area (TPSA) is 196 Å². The van der Waals surface area contributed by atoms with Gasteiger partial charge in [0.05, 0.1) is 29.8 Å². The van der Waals surface area contributed by atoms with Gasteiger partial charge < -0.3 is 26.6 Å². The van der Waals surface area contributed by atoms with Crippen LogP contribution in [0.3, 0.4) is 0 Å². The SMILES string of the molecule is CN(C)[C@@H]1C(=O)C(C(N)=O)C(=O)C2(O)C(=O)C3C(=O)c4c(ccc(NCC(=O)NC5CCC5)c4O)CC3CC12. The number of carbonyl (C=O) groups excluding carboxylic acids is 6. The van der Waals surface area contributed by atoms with Crippen LogP contribution in [-0.4, -0.2) is 88.4 Å². The lowest BCUT2D eigenvalue weighted by atomic mass is 9.52. The summed E-state index contributed by atoms with van der Waals surface area (Å²) in [5.41, 5.74) is 3.05. The number of phenols is 1. The maximum absolute atomic E-state index is 13.8. The fourth-order valence-corrected chi connectivity index (χ4v) is 6.73. The Kier molecular flexibility index (Phi) is 6.58. The number of likely N-dealkylation sites (N-methyl/N-ethyl adjacent to an activating group) is 1. The predicted octanol–water partition coefficient (Wildman–Crippen LogP) is -1.05. The van der Waals surface area contributed by atoms with E-state index in [0.29, 0.717) is 5.56 Å². The number of Topliss-reactive ketones (excluding diaryl/α,β-unsaturated/α-hetero) is 4. The van der Waals surface area contributed by atoms with Gasteiger partial charge in [-0.1, -0.05) is 6.07 Å². The van der Waals surface area contributed by atoms with Gasteiger partial charge in [0.15, 0.2) is 34.7 Å². The van der Waals surface area contributed by atoms with Crippen LogP contribution in [0, 0.1) is 23.7 Å². The standard InChI is InChI=1S/C27H32N4O8/c1-31(2)20-14-9-12-8-11-6-7-15(29-10-16(32)30-13-4-3-5-13)21(33)17(11)22(34)18(12)24(36)27(14,39)25(37)19(23(20)35)26(28)38/h6-7,12-14,18-20,29,33,39H,3-5,8-10H2,1-2H3,(H2,28,38)(H,30,32)/t12?,14?,18?,19?,20-,27?/m0/s1. The fourth-order valence-electron chi connectivity index (χ4n) is 6.73. The largest absolute Gasteiger partial charge is 0.505 e. The number of phenolic OH excluding ortho intramolecular Hbond substituents is 1. The van der Waals surface area contributed by atoms with Crippen LogP contribution in [0.1, 0.15) is 41.6 Å². The van der Waals surface area contributed by atoms with E-state index in [1.807, 2.05) is 0 Å². The highest BCUT2D eigenvalue weighted by Crippen LogP contribution is 2.51. The number of nitrogens with zero attached hydrogens (tertiary/aromatic N) is 1. The Morgan fingerprint density at radius 1 is 1.13 bits per heavy atom. The summed E-state index contributed by atoms with van der Waals surface area (Å²) in [7, 11) is 3.07. The smallest absolute Gasteiger partial charge is 0.239 e. The first kappa shape index (κ1) is 26.9. The number of benzene rings is 1. The minimum atomic E-state index is -2.76. The van der Waals surface area contributed by atoms with Crippen LogP contribution in [-0.2, 0) is 30.4 Å². The molecule has 2 amide bonds. The molecule has 0 radical (unpaired) electrons. The zero-order valence-corrected chi connectivity index (χ0v) is 21.7. The van der Waals surface area contributed by atoms with Crippen molar-refractivity contribution in [2.24, 2.45) is 29.4 Å². The number of ketones is 4. The van der Waals surface area contributed by atoms with Gasteiger partial charge in [-0.25, -0.2) is 0 Å². The second-order valence-corrected chi connectivity index (χ2v) is 11.3. The molecule has 5 unspecified atom stereocenters. The van der Waals surface area contributed by atoms with Crippen LogP contribution < -0.4 is 16.4 Å². The molecule has 0 heterocycles. The molecule has 0 bridgehead atoms. The molecule has 0 saturated heterocycles. The molecule has 12 nitrogen and oxygen atoms in total. The average Bonchev–Trinajstić information content (AvgIpc) is 2.82. The first-order valence-electron chi connectivity index (χ1n) is 13.1. The van der Waals surface area contributed by atoms with Gasteiger partial charge in [0.2, 0.25) is 11.8 Å². The fraction of sp³-hybridized carbons (Fsp3) is 0.556. The van der Waals surface area contributed by atoms with Gasteiger partial charge in [-0.15, -0.1) is 0 Å². The van der Waals surface area contributed by atoms with Crippen LogP contribution in [0.15, 0.2) is 12.1 Å². The molecule has 3 fully saturated rings. The molecule has 3 saturated carbocycles. The molecule has 0 aromatic heterocycles. The molecular weight excluding hydrogens is 508 g/mol. The van der Waals surface area contributed by atoms with Gasteiger partial charge in [0.25, 0.3) is 0 Å². The highest BCUT2D eigenvalue weighted by molar-refractivity contribution is 6.32. The Bertz CT molecular complexity index is 1300. The van der Waals surface area contributed by atoms with E-state index in [4.69, 9.17) is 5.73 Å². The van der Waals surface area contributed by atoms with Crippen LogP contribution in [0.25, 0.3) is 0 Å². The third-order valence-electron chi connectivity index (χ3n) is 8.84. The minimum Gasteiger partial charge on any atom is -0.505 e. The van der Waals surface area contributed by atoms with E-state index in [-0.39, 0.29) is 42.6 Å². The number of rotatable bonds is 6. The van der Waals surface area contributed by atoms with E-state index in [1.165, 1.54) is 19.0 Å². The van der Waals surface area contributed by atoms with Gasteiger partial charge in [0.1, 0.15) is 5.75 Å². The number of carbonyl (C=O) groups is 6. The third-order valence-corrected chi connectivity index (χ3v) is 8.84. The lowest BCUT2D eigenvalue weighted by Gasteiger charge is -2.52. The zero-order chi connectivity index (χ0) is 28.4. The molecule has 0 spiro atoms. The molecule has 5 rings (SSSR count). The van der Waals surface area contributed by atoms with Crippen molar-refractivity contribution in [1.29, 1.82) is 0 Å². The van der Waals surface area contributed by atoms with Crippen LogP contribution in [0.2, 0.25) is 0 Å². The quantitative estimate of drug-likeness (QED) is 0.219. The lowest BCUT2D eigenvalue weighted by Crippen LogP contribution is -2.74. The monoisotopic (exact) mass is 540 g/mol. The second kappa shape index (κ2) is 9.53. The van der Waals surface area contributed by atoms with Crippen LogP contribution >= 0.6 is 0 Å². The van der Waals surface area contributed by atoms with Gasteiger partial charge >= 0.3 is 0 Å². The molecule has 1 aromatic carbocycles. The van der Waals surface area contributed by atoms with E-state index in [0.717, 1.165) is 19.3 Å². The maximum Gasteiger partial charge on any atom is 0.239 e. The Labute approximate surface area is 224 Å². The molecule has 208 valence electrons.